The van der Waals surface area contributed by atoms with Gasteiger partial charge in [-0.2, -0.15) is 5.10 Å². The zero-order valence-corrected chi connectivity index (χ0v) is 17.5. The molecule has 0 radical (unpaired) electrons. The van der Waals surface area contributed by atoms with Crippen molar-refractivity contribution in [3.63, 3.8) is 0 Å². The second-order valence-electron chi connectivity index (χ2n) is 7.71. The number of halogens is 1. The predicted octanol–water partition coefficient (Wildman–Crippen LogP) is 3.42. The van der Waals surface area contributed by atoms with Crippen LogP contribution >= 0.6 is 0 Å². The Morgan fingerprint density at radius 1 is 1.06 bits per heavy atom. The van der Waals surface area contributed by atoms with E-state index >= 15 is 0 Å². The summed E-state index contributed by atoms with van der Waals surface area (Å²) in [5.74, 6) is -1.48. The van der Waals surface area contributed by atoms with E-state index in [2.05, 4.69) is 15.3 Å². The molecule has 0 unspecified atom stereocenters. The molecule has 0 aliphatic rings. The molecule has 5 aromatic rings. The van der Waals surface area contributed by atoms with Gasteiger partial charge in [0.1, 0.15) is 17.4 Å². The van der Waals surface area contributed by atoms with Gasteiger partial charge in [0.2, 0.25) is 0 Å². The fraction of sp³-hybridized carbons (Fsp3) is 0.125. The van der Waals surface area contributed by atoms with Gasteiger partial charge in [0.15, 0.2) is 11.2 Å². The number of hydrogen-bond acceptors (Lipinski definition) is 5. The molecular formula is C24H18FN5O3. The number of benzene rings is 2. The molecule has 3 heterocycles. The number of nitrogens with zero attached hydrogens (tertiary/aromatic N) is 5. The maximum Gasteiger partial charge on any atom is 0.327 e. The van der Waals surface area contributed by atoms with Gasteiger partial charge in [-0.3, -0.25) is 9.36 Å². The Morgan fingerprint density at radius 2 is 1.79 bits per heavy atom. The third kappa shape index (κ3) is 3.53. The van der Waals surface area contributed by atoms with E-state index in [1.165, 1.54) is 22.8 Å². The van der Waals surface area contributed by atoms with Crippen molar-refractivity contribution in [3.05, 3.63) is 94.3 Å². The minimum absolute atomic E-state index is 0.0115. The van der Waals surface area contributed by atoms with E-state index in [-0.39, 0.29) is 17.8 Å². The molecule has 1 N–H and O–H groups in total. The SMILES string of the molecule is Cc1nn2c(nnc3c(=O)n([C@H](Cc4ccccc4)C(=O)O)ccc32)c1-c1ccc(F)cc1. The predicted molar refractivity (Wildman–Crippen MR) is 119 cm³/mol. The third-order valence-corrected chi connectivity index (χ3v) is 5.61. The number of carboxylic acids is 1. The van der Waals surface area contributed by atoms with Crippen molar-refractivity contribution in [2.75, 3.05) is 0 Å². The Bertz CT molecular complexity index is 1560. The van der Waals surface area contributed by atoms with Gasteiger partial charge >= 0.3 is 5.97 Å². The van der Waals surface area contributed by atoms with E-state index in [4.69, 9.17) is 0 Å². The van der Waals surface area contributed by atoms with Crippen LogP contribution in [0.2, 0.25) is 0 Å². The number of carbonyl (C=O) groups is 1. The quantitative estimate of drug-likeness (QED) is 0.447. The molecule has 0 saturated heterocycles. The summed E-state index contributed by atoms with van der Waals surface area (Å²) in [7, 11) is 0. The van der Waals surface area contributed by atoms with Crippen LogP contribution in [-0.2, 0) is 11.2 Å². The fourth-order valence-corrected chi connectivity index (χ4v) is 4.01. The van der Waals surface area contributed by atoms with Crippen molar-refractivity contribution in [1.29, 1.82) is 0 Å². The zero-order valence-electron chi connectivity index (χ0n) is 17.5. The monoisotopic (exact) mass is 443 g/mol. The van der Waals surface area contributed by atoms with Crippen molar-refractivity contribution >= 4 is 22.6 Å². The molecule has 33 heavy (non-hydrogen) atoms. The van der Waals surface area contributed by atoms with Crippen LogP contribution in [-0.4, -0.2) is 35.5 Å². The topological polar surface area (TPSA) is 102 Å². The first-order valence-electron chi connectivity index (χ1n) is 10.2. The second-order valence-corrected chi connectivity index (χ2v) is 7.71. The molecule has 9 heteroatoms. The minimum atomic E-state index is -1.12. The summed E-state index contributed by atoms with van der Waals surface area (Å²) in [5, 5.41) is 22.7. The van der Waals surface area contributed by atoms with Crippen LogP contribution in [0.25, 0.3) is 27.8 Å². The maximum absolute atomic E-state index is 13.4. The second kappa shape index (κ2) is 7.94. The maximum atomic E-state index is 13.4. The minimum Gasteiger partial charge on any atom is -0.480 e. The molecule has 0 bridgehead atoms. The molecule has 0 aliphatic heterocycles. The number of hydrogen-bond donors (Lipinski definition) is 1. The third-order valence-electron chi connectivity index (χ3n) is 5.61. The standard InChI is InChI=1S/C24H18FN5O3/c1-14-20(16-7-9-17(25)10-8-16)22-27-26-21-18(30(22)28-14)11-12-29(23(21)31)19(24(32)33)13-15-5-3-2-4-6-15/h2-12,19H,13H2,1H3,(H,32,33)/t19-/m1/s1. The van der Waals surface area contributed by atoms with Gasteiger partial charge < -0.3 is 5.11 Å². The number of rotatable bonds is 5. The van der Waals surface area contributed by atoms with Crippen LogP contribution in [0.5, 0.6) is 0 Å². The lowest BCUT2D eigenvalue weighted by Crippen LogP contribution is -2.31. The lowest BCUT2D eigenvalue weighted by molar-refractivity contribution is -0.141. The van der Waals surface area contributed by atoms with Crippen LogP contribution in [0.1, 0.15) is 17.3 Å². The molecule has 0 amide bonds. The lowest BCUT2D eigenvalue weighted by Gasteiger charge is -2.16. The van der Waals surface area contributed by atoms with E-state index in [1.807, 2.05) is 30.3 Å². The summed E-state index contributed by atoms with van der Waals surface area (Å²) >= 11 is 0. The van der Waals surface area contributed by atoms with Crippen LogP contribution in [0.4, 0.5) is 4.39 Å². The highest BCUT2D eigenvalue weighted by Crippen LogP contribution is 2.28. The van der Waals surface area contributed by atoms with Gasteiger partial charge in [-0.25, -0.2) is 13.7 Å². The van der Waals surface area contributed by atoms with Crippen molar-refractivity contribution in [3.8, 4) is 11.1 Å². The zero-order chi connectivity index (χ0) is 23.1. The normalized spacial score (nSPS) is 12.3. The molecule has 1 atom stereocenters. The number of pyridine rings is 1. The van der Waals surface area contributed by atoms with Gasteiger partial charge in [-0.15, -0.1) is 10.2 Å². The number of fused-ring (bicyclic) bond motifs is 3. The molecule has 5 rings (SSSR count). The highest BCUT2D eigenvalue weighted by Gasteiger charge is 2.24. The molecule has 164 valence electrons. The van der Waals surface area contributed by atoms with Crippen molar-refractivity contribution < 1.29 is 14.3 Å². The van der Waals surface area contributed by atoms with E-state index in [0.717, 1.165) is 15.7 Å². The number of aryl methyl sites for hydroxylation is 1. The summed E-state index contributed by atoms with van der Waals surface area (Å²) in [6.07, 6.45) is 1.59. The summed E-state index contributed by atoms with van der Waals surface area (Å²) in [5.41, 5.74) is 3.11. The van der Waals surface area contributed by atoms with E-state index < -0.39 is 17.6 Å². The molecule has 2 aromatic carbocycles. The van der Waals surface area contributed by atoms with Gasteiger partial charge in [0.05, 0.1) is 11.3 Å². The van der Waals surface area contributed by atoms with Crippen LogP contribution in [0.3, 0.4) is 0 Å². The smallest absolute Gasteiger partial charge is 0.327 e. The first-order valence-corrected chi connectivity index (χ1v) is 10.2. The highest BCUT2D eigenvalue weighted by molar-refractivity contribution is 5.84. The fourth-order valence-electron chi connectivity index (χ4n) is 4.01. The number of aromatic nitrogens is 5. The van der Waals surface area contributed by atoms with Crippen LogP contribution < -0.4 is 5.56 Å². The highest BCUT2D eigenvalue weighted by atomic mass is 19.1. The summed E-state index contributed by atoms with van der Waals surface area (Å²) in [6.45, 7) is 1.79. The molecule has 0 saturated carbocycles. The Balaban J connectivity index is 1.65. The van der Waals surface area contributed by atoms with Gasteiger partial charge in [0, 0.05) is 12.6 Å². The van der Waals surface area contributed by atoms with Crippen molar-refractivity contribution in [2.45, 2.75) is 19.4 Å². The summed E-state index contributed by atoms with van der Waals surface area (Å²) in [4.78, 5) is 25.2. The van der Waals surface area contributed by atoms with Crippen molar-refractivity contribution in [1.82, 2.24) is 24.4 Å². The number of carboxylic acid groups (broad SMARTS) is 1. The molecule has 0 aliphatic carbocycles. The molecule has 0 spiro atoms. The Hall–Kier alpha value is -4.40. The average molecular weight is 443 g/mol. The van der Waals surface area contributed by atoms with E-state index in [9.17, 15) is 19.1 Å². The first-order chi connectivity index (χ1) is 15.9. The first kappa shape index (κ1) is 20.5. The average Bonchev–Trinajstić information content (AvgIpc) is 3.15. The molecular weight excluding hydrogens is 425 g/mol. The lowest BCUT2D eigenvalue weighted by atomic mass is 10.1. The molecule has 3 aromatic heterocycles. The van der Waals surface area contributed by atoms with Gasteiger partial charge in [-0.05, 0) is 36.2 Å². The van der Waals surface area contributed by atoms with Crippen LogP contribution in [0.15, 0.2) is 71.7 Å². The summed E-state index contributed by atoms with van der Waals surface area (Å²) < 4.78 is 16.0. The Kier molecular flexibility index (Phi) is 4.93. The van der Waals surface area contributed by atoms with Crippen molar-refractivity contribution in [2.24, 2.45) is 0 Å². The van der Waals surface area contributed by atoms with Gasteiger partial charge in [0.25, 0.3) is 5.56 Å². The van der Waals surface area contributed by atoms with Gasteiger partial charge in [-0.1, -0.05) is 42.5 Å². The molecule has 8 nitrogen and oxygen atoms in total. The molecule has 0 fully saturated rings. The van der Waals surface area contributed by atoms with Crippen LogP contribution in [0, 0.1) is 12.7 Å². The largest absolute Gasteiger partial charge is 0.480 e. The Morgan fingerprint density at radius 3 is 2.48 bits per heavy atom. The Labute approximate surface area is 186 Å². The van der Waals surface area contributed by atoms with E-state index in [0.29, 0.717) is 22.4 Å². The number of aliphatic carboxylic acids is 1. The van der Waals surface area contributed by atoms with E-state index in [1.54, 1.807) is 25.1 Å². The summed E-state index contributed by atoms with van der Waals surface area (Å²) in [6, 6.07) is 15.6.